The van der Waals surface area contributed by atoms with Crippen molar-refractivity contribution >= 4 is 0 Å². The molecule has 12 heavy (non-hydrogen) atoms. The summed E-state index contributed by atoms with van der Waals surface area (Å²) in [5.41, 5.74) is 0. The van der Waals surface area contributed by atoms with E-state index in [0.29, 0.717) is 0 Å². The van der Waals surface area contributed by atoms with Crippen LogP contribution < -0.4 is 5.32 Å². The van der Waals surface area contributed by atoms with Crippen LogP contribution in [0.3, 0.4) is 0 Å². The molecule has 1 aliphatic rings. The first-order valence-corrected chi connectivity index (χ1v) is 4.62. The van der Waals surface area contributed by atoms with Crippen LogP contribution >= 0.6 is 0 Å². The lowest BCUT2D eigenvalue weighted by Crippen LogP contribution is -2.43. The van der Waals surface area contributed by atoms with Gasteiger partial charge < -0.3 is 5.32 Å². The second kappa shape index (κ2) is 5.98. The molecule has 0 aromatic rings. The van der Waals surface area contributed by atoms with Crippen molar-refractivity contribution in [3.63, 3.8) is 0 Å². The van der Waals surface area contributed by atoms with E-state index in [4.69, 9.17) is 0 Å². The van der Waals surface area contributed by atoms with Crippen molar-refractivity contribution in [1.29, 1.82) is 0 Å². The van der Waals surface area contributed by atoms with E-state index >= 15 is 0 Å². The summed E-state index contributed by atoms with van der Waals surface area (Å²) in [6, 6.07) is 0. The topological polar surface area (TPSA) is 15.3 Å². The number of nitrogens with one attached hydrogen (secondary N) is 1. The Balaban J connectivity index is 2.08. The molecule has 0 aliphatic carbocycles. The Morgan fingerprint density at radius 2 is 2.00 bits per heavy atom. The Kier molecular flexibility index (Phi) is 4.73. The van der Waals surface area contributed by atoms with E-state index in [1.807, 2.05) is 6.08 Å². The van der Waals surface area contributed by atoms with Gasteiger partial charge in [-0.05, 0) is 6.42 Å². The highest BCUT2D eigenvalue weighted by Gasteiger charge is 2.05. The number of piperazine rings is 1. The van der Waals surface area contributed by atoms with Crippen LogP contribution in [0.5, 0.6) is 0 Å². The van der Waals surface area contributed by atoms with E-state index in [1.165, 1.54) is 13.1 Å². The predicted octanol–water partition coefficient (Wildman–Crippen LogP) is 1.02. The fourth-order valence-corrected chi connectivity index (χ4v) is 1.31. The van der Waals surface area contributed by atoms with Crippen molar-refractivity contribution in [2.45, 2.75) is 6.42 Å². The SMILES string of the molecule is C=CC/C=C/CN1CCNCC1. The zero-order valence-corrected chi connectivity index (χ0v) is 7.63. The predicted molar refractivity (Wildman–Crippen MR) is 53.3 cm³/mol. The Bertz CT molecular complexity index is 146. The summed E-state index contributed by atoms with van der Waals surface area (Å²) in [6.45, 7) is 9.39. The minimum atomic E-state index is 0.992. The van der Waals surface area contributed by atoms with Gasteiger partial charge >= 0.3 is 0 Å². The first kappa shape index (κ1) is 9.49. The molecule has 2 nitrogen and oxygen atoms in total. The average molecular weight is 166 g/mol. The lowest BCUT2D eigenvalue weighted by atomic mass is 10.3. The van der Waals surface area contributed by atoms with E-state index in [9.17, 15) is 0 Å². The molecule has 0 saturated carbocycles. The molecule has 0 atom stereocenters. The van der Waals surface area contributed by atoms with Gasteiger partial charge in [0.1, 0.15) is 0 Å². The first-order chi connectivity index (χ1) is 5.93. The molecule has 0 unspecified atom stereocenters. The molecule has 0 bridgehead atoms. The van der Waals surface area contributed by atoms with Crippen molar-refractivity contribution in [2.75, 3.05) is 32.7 Å². The summed E-state index contributed by atoms with van der Waals surface area (Å²) >= 11 is 0. The molecule has 0 amide bonds. The second-order valence-electron chi connectivity index (χ2n) is 3.05. The summed E-state index contributed by atoms with van der Waals surface area (Å²) in [5, 5.41) is 3.33. The summed E-state index contributed by atoms with van der Waals surface area (Å²) in [7, 11) is 0. The molecular formula is C10H18N2. The zero-order valence-electron chi connectivity index (χ0n) is 7.63. The smallest absolute Gasteiger partial charge is 0.0164 e. The van der Waals surface area contributed by atoms with Crippen LogP contribution in [0.2, 0.25) is 0 Å². The maximum absolute atomic E-state index is 3.67. The second-order valence-corrected chi connectivity index (χ2v) is 3.05. The van der Waals surface area contributed by atoms with E-state index in [-0.39, 0.29) is 0 Å². The third kappa shape index (κ3) is 3.69. The van der Waals surface area contributed by atoms with E-state index in [2.05, 4.69) is 28.9 Å². The van der Waals surface area contributed by atoms with Crippen LogP contribution in [0.15, 0.2) is 24.8 Å². The normalized spacial score (nSPS) is 20.0. The van der Waals surface area contributed by atoms with Gasteiger partial charge in [0.05, 0.1) is 0 Å². The molecule has 1 saturated heterocycles. The van der Waals surface area contributed by atoms with E-state index in [1.54, 1.807) is 0 Å². The minimum absolute atomic E-state index is 0.992. The van der Waals surface area contributed by atoms with Gasteiger partial charge in [-0.25, -0.2) is 0 Å². The van der Waals surface area contributed by atoms with Crippen LogP contribution in [0.4, 0.5) is 0 Å². The molecule has 0 aromatic carbocycles. The molecule has 1 rings (SSSR count). The van der Waals surface area contributed by atoms with Crippen LogP contribution in [0.1, 0.15) is 6.42 Å². The van der Waals surface area contributed by atoms with Crippen molar-refractivity contribution in [3.8, 4) is 0 Å². The minimum Gasteiger partial charge on any atom is -0.314 e. The third-order valence-electron chi connectivity index (χ3n) is 2.04. The molecule has 1 fully saturated rings. The van der Waals surface area contributed by atoms with Gasteiger partial charge in [-0.15, -0.1) is 6.58 Å². The lowest BCUT2D eigenvalue weighted by Gasteiger charge is -2.25. The molecule has 1 aliphatic heterocycles. The summed E-state index contributed by atoms with van der Waals surface area (Å²) in [4.78, 5) is 2.45. The molecule has 68 valence electrons. The number of hydrogen-bond acceptors (Lipinski definition) is 2. The highest BCUT2D eigenvalue weighted by atomic mass is 15.2. The Morgan fingerprint density at radius 1 is 1.25 bits per heavy atom. The van der Waals surface area contributed by atoms with E-state index < -0.39 is 0 Å². The highest BCUT2D eigenvalue weighted by molar-refractivity contribution is 4.90. The number of rotatable bonds is 4. The maximum Gasteiger partial charge on any atom is 0.0164 e. The van der Waals surface area contributed by atoms with Crippen LogP contribution in [0.25, 0.3) is 0 Å². The Hall–Kier alpha value is -0.600. The molecule has 0 aromatic heterocycles. The van der Waals surface area contributed by atoms with Crippen molar-refractivity contribution < 1.29 is 0 Å². The fourth-order valence-electron chi connectivity index (χ4n) is 1.31. The molecular weight excluding hydrogens is 148 g/mol. The molecule has 1 heterocycles. The van der Waals surface area contributed by atoms with Gasteiger partial charge in [0.25, 0.3) is 0 Å². The van der Waals surface area contributed by atoms with Crippen LogP contribution in [-0.4, -0.2) is 37.6 Å². The standard InChI is InChI=1S/C10H18N2/c1-2-3-4-5-8-12-9-6-11-7-10-12/h2,4-5,11H,1,3,6-10H2/b5-4+. The highest BCUT2D eigenvalue weighted by Crippen LogP contribution is 1.92. The molecule has 0 radical (unpaired) electrons. The molecule has 0 spiro atoms. The fraction of sp³-hybridized carbons (Fsp3) is 0.600. The van der Waals surface area contributed by atoms with Crippen molar-refractivity contribution in [3.05, 3.63) is 24.8 Å². The average Bonchev–Trinajstić information content (AvgIpc) is 2.14. The Labute approximate surface area is 74.9 Å². The lowest BCUT2D eigenvalue weighted by molar-refractivity contribution is 0.264. The third-order valence-corrected chi connectivity index (χ3v) is 2.04. The maximum atomic E-state index is 3.67. The van der Waals surface area contributed by atoms with Gasteiger partial charge in [0.15, 0.2) is 0 Å². The van der Waals surface area contributed by atoms with Gasteiger partial charge in [-0.2, -0.15) is 0 Å². The number of allylic oxidation sites excluding steroid dienone is 2. The molecule has 2 heteroatoms. The summed E-state index contributed by atoms with van der Waals surface area (Å²) < 4.78 is 0. The van der Waals surface area contributed by atoms with Gasteiger partial charge in [0.2, 0.25) is 0 Å². The van der Waals surface area contributed by atoms with Gasteiger partial charge in [-0.3, -0.25) is 4.90 Å². The largest absolute Gasteiger partial charge is 0.314 e. The first-order valence-electron chi connectivity index (χ1n) is 4.62. The summed E-state index contributed by atoms with van der Waals surface area (Å²) in [5.74, 6) is 0. The monoisotopic (exact) mass is 166 g/mol. The van der Waals surface area contributed by atoms with E-state index in [0.717, 1.165) is 26.1 Å². The van der Waals surface area contributed by atoms with Crippen LogP contribution in [-0.2, 0) is 0 Å². The summed E-state index contributed by atoms with van der Waals surface area (Å²) in [6.07, 6.45) is 7.32. The van der Waals surface area contributed by atoms with Gasteiger partial charge in [0, 0.05) is 32.7 Å². The number of nitrogens with zero attached hydrogens (tertiary/aromatic N) is 1. The zero-order chi connectivity index (χ0) is 8.65. The number of hydrogen-bond donors (Lipinski definition) is 1. The van der Waals surface area contributed by atoms with Gasteiger partial charge in [-0.1, -0.05) is 18.2 Å². The van der Waals surface area contributed by atoms with Crippen molar-refractivity contribution in [1.82, 2.24) is 10.2 Å². The quantitative estimate of drug-likeness (QED) is 0.627. The molecule has 1 N–H and O–H groups in total. The Morgan fingerprint density at radius 3 is 2.67 bits per heavy atom. The van der Waals surface area contributed by atoms with Crippen LogP contribution in [0, 0.1) is 0 Å². The van der Waals surface area contributed by atoms with Crippen molar-refractivity contribution in [2.24, 2.45) is 0 Å².